The van der Waals surface area contributed by atoms with E-state index in [1.54, 1.807) is 0 Å². The molecule has 2 aliphatic rings. The topological polar surface area (TPSA) is 56.7 Å². The van der Waals surface area contributed by atoms with Crippen LogP contribution >= 0.6 is 0 Å². The van der Waals surface area contributed by atoms with Crippen LogP contribution in [0.25, 0.3) is 0 Å². The summed E-state index contributed by atoms with van der Waals surface area (Å²) >= 11 is 0. The molecule has 2 fully saturated rings. The number of hydrogen-bond donors (Lipinski definition) is 2. The second-order valence-corrected chi connectivity index (χ2v) is 8.39. The Balaban J connectivity index is 1.82. The molecule has 2 N–H and O–H groups in total. The Morgan fingerprint density at radius 3 is 2.33 bits per heavy atom. The molecule has 1 amide bonds. The third kappa shape index (κ3) is 4.04. The highest BCUT2D eigenvalue weighted by molar-refractivity contribution is 5.82. The number of carbonyl (C=O) groups excluding carboxylic acids is 1. The van der Waals surface area contributed by atoms with E-state index in [1.807, 2.05) is 0 Å². The molecule has 0 bridgehead atoms. The Bertz CT molecular complexity index is 464. The first kappa shape index (κ1) is 19.1. The summed E-state index contributed by atoms with van der Waals surface area (Å²) in [5.41, 5.74) is 0.387. The van der Waals surface area contributed by atoms with Gasteiger partial charge in [-0.1, -0.05) is 33.1 Å². The molecule has 24 heavy (non-hydrogen) atoms. The first-order valence-electron chi connectivity index (χ1n) is 9.63. The number of carbonyl (C=O) groups is 1. The summed E-state index contributed by atoms with van der Waals surface area (Å²) in [6.07, 6.45) is 5.77. The molecule has 138 valence electrons. The van der Waals surface area contributed by atoms with Crippen molar-refractivity contribution in [3.63, 3.8) is 0 Å². The van der Waals surface area contributed by atoms with E-state index in [-0.39, 0.29) is 17.4 Å². The fourth-order valence-corrected chi connectivity index (χ4v) is 3.64. The average molecular weight is 337 g/mol. The lowest BCUT2D eigenvalue weighted by molar-refractivity contribution is -0.125. The molecule has 1 aliphatic heterocycles. The molecule has 0 radical (unpaired) electrons. The highest BCUT2D eigenvalue weighted by atomic mass is 16.1. The summed E-state index contributed by atoms with van der Waals surface area (Å²) < 4.78 is 0. The predicted octanol–water partition coefficient (Wildman–Crippen LogP) is 2.77. The van der Waals surface area contributed by atoms with Crippen molar-refractivity contribution in [1.82, 2.24) is 15.5 Å². The van der Waals surface area contributed by atoms with Crippen molar-refractivity contribution in [3.8, 4) is 0 Å². The lowest BCUT2D eigenvalue weighted by Gasteiger charge is -2.62. The SMILES string of the molecule is CCNC(=NCCNC(=O)C1CCCCC1)N1CC(C)(C)C1(C)C. The van der Waals surface area contributed by atoms with E-state index < -0.39 is 0 Å². The molecule has 0 unspecified atom stereocenters. The number of rotatable bonds is 5. The largest absolute Gasteiger partial charge is 0.356 e. The van der Waals surface area contributed by atoms with Gasteiger partial charge in [-0.05, 0) is 33.6 Å². The zero-order valence-electron chi connectivity index (χ0n) is 16.2. The van der Waals surface area contributed by atoms with Crippen molar-refractivity contribution in [1.29, 1.82) is 0 Å². The first-order chi connectivity index (χ1) is 11.3. The quantitative estimate of drug-likeness (QED) is 0.461. The second kappa shape index (κ2) is 7.75. The maximum Gasteiger partial charge on any atom is 0.223 e. The molecular formula is C19H36N4O. The highest BCUT2D eigenvalue weighted by Crippen LogP contribution is 2.46. The third-order valence-corrected chi connectivity index (χ3v) is 6.12. The lowest BCUT2D eigenvalue weighted by Crippen LogP contribution is -2.72. The Hall–Kier alpha value is -1.26. The van der Waals surface area contributed by atoms with Crippen LogP contribution in [0.15, 0.2) is 4.99 Å². The summed E-state index contributed by atoms with van der Waals surface area (Å²) in [6, 6.07) is 0. The van der Waals surface area contributed by atoms with Gasteiger partial charge in [0, 0.05) is 36.5 Å². The van der Waals surface area contributed by atoms with Crippen molar-refractivity contribution < 1.29 is 4.79 Å². The summed E-state index contributed by atoms with van der Waals surface area (Å²) in [5.74, 6) is 1.42. The van der Waals surface area contributed by atoms with Crippen LogP contribution in [-0.2, 0) is 4.79 Å². The van der Waals surface area contributed by atoms with Gasteiger partial charge in [0.2, 0.25) is 5.91 Å². The fourth-order valence-electron chi connectivity index (χ4n) is 3.64. The van der Waals surface area contributed by atoms with Crippen LogP contribution in [0.5, 0.6) is 0 Å². The standard InChI is InChI=1S/C19H36N4O/c1-6-20-17(23-14-18(2,3)19(23,4)5)22-13-12-21-16(24)15-10-8-7-9-11-15/h15H,6-14H2,1-5H3,(H,20,22)(H,21,24). The average Bonchev–Trinajstić information content (AvgIpc) is 2.56. The molecule has 1 saturated heterocycles. The minimum absolute atomic E-state index is 0.0966. The summed E-state index contributed by atoms with van der Waals surface area (Å²) in [5, 5.41) is 6.46. The molecule has 5 nitrogen and oxygen atoms in total. The van der Waals surface area contributed by atoms with Crippen molar-refractivity contribution in [3.05, 3.63) is 0 Å². The van der Waals surface area contributed by atoms with E-state index in [9.17, 15) is 4.79 Å². The van der Waals surface area contributed by atoms with Gasteiger partial charge in [-0.2, -0.15) is 0 Å². The van der Waals surface area contributed by atoms with E-state index in [0.717, 1.165) is 31.9 Å². The van der Waals surface area contributed by atoms with Crippen LogP contribution in [0.1, 0.15) is 66.7 Å². The molecule has 2 rings (SSSR count). The Morgan fingerprint density at radius 1 is 1.12 bits per heavy atom. The van der Waals surface area contributed by atoms with Crippen LogP contribution in [0.2, 0.25) is 0 Å². The number of nitrogens with zero attached hydrogens (tertiary/aromatic N) is 2. The van der Waals surface area contributed by atoms with E-state index in [1.165, 1.54) is 19.3 Å². The minimum Gasteiger partial charge on any atom is -0.356 e. The molecule has 1 aliphatic carbocycles. The molecule has 5 heteroatoms. The van der Waals surface area contributed by atoms with Gasteiger partial charge in [-0.3, -0.25) is 9.79 Å². The number of amides is 1. The Labute approximate surface area is 147 Å². The normalized spacial score (nSPS) is 23.5. The van der Waals surface area contributed by atoms with Gasteiger partial charge in [0.15, 0.2) is 5.96 Å². The third-order valence-electron chi connectivity index (χ3n) is 6.12. The second-order valence-electron chi connectivity index (χ2n) is 8.39. The van der Waals surface area contributed by atoms with E-state index in [0.29, 0.717) is 18.5 Å². The molecule has 0 aromatic heterocycles. The minimum atomic E-state index is 0.0966. The zero-order valence-corrected chi connectivity index (χ0v) is 16.2. The number of guanidine groups is 1. The number of nitrogens with one attached hydrogen (secondary N) is 2. The zero-order chi connectivity index (χ0) is 17.8. The van der Waals surface area contributed by atoms with Gasteiger partial charge in [-0.15, -0.1) is 0 Å². The van der Waals surface area contributed by atoms with Crippen molar-refractivity contribution in [2.45, 2.75) is 72.3 Å². The van der Waals surface area contributed by atoms with Crippen molar-refractivity contribution in [2.24, 2.45) is 16.3 Å². The summed E-state index contributed by atoms with van der Waals surface area (Å²) in [4.78, 5) is 19.2. The maximum absolute atomic E-state index is 12.2. The molecule has 0 aromatic carbocycles. The molecule has 0 aromatic rings. The van der Waals surface area contributed by atoms with Crippen LogP contribution in [0.3, 0.4) is 0 Å². The van der Waals surface area contributed by atoms with Crippen LogP contribution in [0, 0.1) is 11.3 Å². The number of likely N-dealkylation sites (tertiary alicyclic amines) is 1. The van der Waals surface area contributed by atoms with Gasteiger partial charge in [0.05, 0.1) is 6.54 Å². The molecule has 0 spiro atoms. The fraction of sp³-hybridized carbons (Fsp3) is 0.895. The smallest absolute Gasteiger partial charge is 0.223 e. The van der Waals surface area contributed by atoms with E-state index in [2.05, 4.69) is 50.2 Å². The predicted molar refractivity (Wildman–Crippen MR) is 100 cm³/mol. The van der Waals surface area contributed by atoms with Gasteiger partial charge < -0.3 is 15.5 Å². The van der Waals surface area contributed by atoms with Crippen LogP contribution in [-0.4, -0.2) is 48.5 Å². The van der Waals surface area contributed by atoms with E-state index in [4.69, 9.17) is 4.99 Å². The molecule has 1 saturated carbocycles. The van der Waals surface area contributed by atoms with Crippen molar-refractivity contribution in [2.75, 3.05) is 26.2 Å². The van der Waals surface area contributed by atoms with Crippen LogP contribution in [0.4, 0.5) is 0 Å². The summed E-state index contributed by atoms with van der Waals surface area (Å²) in [6.45, 7) is 14.4. The van der Waals surface area contributed by atoms with Gasteiger partial charge >= 0.3 is 0 Å². The molecular weight excluding hydrogens is 300 g/mol. The van der Waals surface area contributed by atoms with Gasteiger partial charge in [-0.25, -0.2) is 0 Å². The number of hydrogen-bond acceptors (Lipinski definition) is 2. The Kier molecular flexibility index (Phi) is 6.16. The van der Waals surface area contributed by atoms with Crippen LogP contribution < -0.4 is 10.6 Å². The Morgan fingerprint density at radius 2 is 1.79 bits per heavy atom. The van der Waals surface area contributed by atoms with Crippen molar-refractivity contribution >= 4 is 11.9 Å². The van der Waals surface area contributed by atoms with Gasteiger partial charge in [0.1, 0.15) is 0 Å². The number of aliphatic imine (C=N–C) groups is 1. The highest BCUT2D eigenvalue weighted by Gasteiger charge is 2.53. The lowest BCUT2D eigenvalue weighted by atomic mass is 9.65. The maximum atomic E-state index is 12.2. The van der Waals surface area contributed by atoms with Gasteiger partial charge in [0.25, 0.3) is 0 Å². The first-order valence-corrected chi connectivity index (χ1v) is 9.63. The van der Waals surface area contributed by atoms with E-state index >= 15 is 0 Å². The monoisotopic (exact) mass is 336 g/mol. The summed E-state index contributed by atoms with van der Waals surface area (Å²) in [7, 11) is 0. The molecule has 1 heterocycles. The molecule has 0 atom stereocenters.